The summed E-state index contributed by atoms with van der Waals surface area (Å²) < 4.78 is 43.8. The molecule has 0 fully saturated rings. The van der Waals surface area contributed by atoms with E-state index in [0.717, 1.165) is 42.0 Å². The molecule has 2 aromatic carbocycles. The van der Waals surface area contributed by atoms with Gasteiger partial charge in [0, 0.05) is 12.6 Å². The summed E-state index contributed by atoms with van der Waals surface area (Å²) in [5.74, 6) is 0.558. The number of halogens is 3. The van der Waals surface area contributed by atoms with Crippen molar-refractivity contribution < 1.29 is 23.0 Å². The van der Waals surface area contributed by atoms with Crippen molar-refractivity contribution in [2.75, 3.05) is 7.11 Å². The molecule has 1 heterocycles. The summed E-state index contributed by atoms with van der Waals surface area (Å²) in [4.78, 5) is 0. The van der Waals surface area contributed by atoms with E-state index in [9.17, 15) is 18.3 Å². The van der Waals surface area contributed by atoms with Gasteiger partial charge in [-0.2, -0.15) is 13.2 Å². The lowest BCUT2D eigenvalue weighted by atomic mass is 9.98. The minimum Gasteiger partial charge on any atom is -0.504 e. The Morgan fingerprint density at radius 2 is 1.96 bits per heavy atom. The molecule has 2 aromatic rings. The fourth-order valence-corrected chi connectivity index (χ4v) is 3.36. The van der Waals surface area contributed by atoms with Crippen LogP contribution in [0, 0.1) is 0 Å². The van der Waals surface area contributed by atoms with Crippen LogP contribution < -0.4 is 10.1 Å². The molecule has 0 bridgehead atoms. The molecule has 1 aliphatic rings. The van der Waals surface area contributed by atoms with E-state index < -0.39 is 11.7 Å². The van der Waals surface area contributed by atoms with Gasteiger partial charge in [0.1, 0.15) is 0 Å². The van der Waals surface area contributed by atoms with Crippen molar-refractivity contribution in [3.8, 4) is 11.5 Å². The second-order valence-electron chi connectivity index (χ2n) is 6.64. The van der Waals surface area contributed by atoms with Crippen LogP contribution in [-0.4, -0.2) is 18.3 Å². The number of methoxy groups -OCH3 is 1. The van der Waals surface area contributed by atoms with E-state index in [1.807, 2.05) is 12.1 Å². The fourth-order valence-electron chi connectivity index (χ4n) is 3.36. The maximum Gasteiger partial charge on any atom is 0.416 e. The molecule has 6 heteroatoms. The van der Waals surface area contributed by atoms with Gasteiger partial charge in [0.25, 0.3) is 0 Å². The Morgan fingerprint density at radius 1 is 1.15 bits per heavy atom. The molecule has 26 heavy (non-hydrogen) atoms. The molecule has 0 saturated carbocycles. The molecule has 140 valence electrons. The first-order valence-electron chi connectivity index (χ1n) is 8.65. The monoisotopic (exact) mass is 365 g/mol. The van der Waals surface area contributed by atoms with Crippen molar-refractivity contribution in [1.29, 1.82) is 0 Å². The highest BCUT2D eigenvalue weighted by molar-refractivity contribution is 5.41. The Hall–Kier alpha value is -2.21. The number of aryl methyl sites for hydroxylation is 2. The standard InChI is InChI=1S/C20H22F3NO2/c1-26-19-10-13(3-9-18(19)25)2-7-17-8-5-14-11-16(20(21,22)23)6-4-15(14)12-24-17/h3-4,6,9-11,17,24-25H,2,5,7-8,12H2,1H3. The molecule has 0 aliphatic carbocycles. The van der Waals surface area contributed by atoms with Gasteiger partial charge >= 0.3 is 6.18 Å². The molecule has 0 amide bonds. The zero-order valence-corrected chi connectivity index (χ0v) is 14.6. The summed E-state index contributed by atoms with van der Waals surface area (Å²) >= 11 is 0. The van der Waals surface area contributed by atoms with Gasteiger partial charge in [-0.05, 0) is 66.6 Å². The second kappa shape index (κ2) is 7.58. The number of rotatable bonds is 4. The lowest BCUT2D eigenvalue weighted by molar-refractivity contribution is -0.137. The summed E-state index contributed by atoms with van der Waals surface area (Å²) in [6, 6.07) is 9.54. The van der Waals surface area contributed by atoms with Gasteiger partial charge in [0.2, 0.25) is 0 Å². The topological polar surface area (TPSA) is 41.5 Å². The average Bonchev–Trinajstić information content (AvgIpc) is 2.82. The molecule has 1 atom stereocenters. The Bertz CT molecular complexity index is 774. The highest BCUT2D eigenvalue weighted by atomic mass is 19.4. The van der Waals surface area contributed by atoms with Crippen LogP contribution in [0.5, 0.6) is 11.5 Å². The largest absolute Gasteiger partial charge is 0.504 e. The van der Waals surface area contributed by atoms with Crippen LogP contribution in [0.3, 0.4) is 0 Å². The van der Waals surface area contributed by atoms with E-state index in [0.29, 0.717) is 18.7 Å². The van der Waals surface area contributed by atoms with Gasteiger partial charge in [-0.1, -0.05) is 12.1 Å². The molecule has 1 unspecified atom stereocenters. The zero-order valence-electron chi connectivity index (χ0n) is 14.6. The third kappa shape index (κ3) is 4.30. The quantitative estimate of drug-likeness (QED) is 0.841. The predicted molar refractivity (Wildman–Crippen MR) is 93.4 cm³/mol. The molecular weight excluding hydrogens is 343 g/mol. The number of phenols is 1. The number of phenolic OH excluding ortho intramolecular Hbond substituents is 1. The minimum atomic E-state index is -4.30. The number of nitrogens with one attached hydrogen (secondary N) is 1. The normalized spacial score (nSPS) is 17.5. The third-order valence-electron chi connectivity index (χ3n) is 4.90. The summed E-state index contributed by atoms with van der Waals surface area (Å²) in [5.41, 5.74) is 2.20. The highest BCUT2D eigenvalue weighted by Crippen LogP contribution is 2.32. The Labute approximate surface area is 150 Å². The number of fused-ring (bicyclic) bond motifs is 1. The van der Waals surface area contributed by atoms with Crippen LogP contribution in [0.2, 0.25) is 0 Å². The minimum absolute atomic E-state index is 0.111. The van der Waals surface area contributed by atoms with E-state index in [4.69, 9.17) is 4.74 Å². The Morgan fingerprint density at radius 3 is 2.69 bits per heavy atom. The maximum absolute atomic E-state index is 12.9. The summed E-state index contributed by atoms with van der Waals surface area (Å²) in [7, 11) is 1.51. The van der Waals surface area contributed by atoms with Crippen LogP contribution >= 0.6 is 0 Å². The number of aromatic hydroxyl groups is 1. The van der Waals surface area contributed by atoms with Crippen LogP contribution in [0.1, 0.15) is 35.1 Å². The van der Waals surface area contributed by atoms with Crippen LogP contribution in [-0.2, 0) is 25.6 Å². The van der Waals surface area contributed by atoms with E-state index in [2.05, 4.69) is 5.32 Å². The molecule has 2 N–H and O–H groups in total. The molecule has 0 spiro atoms. The number of benzene rings is 2. The molecule has 0 saturated heterocycles. The van der Waals surface area contributed by atoms with Gasteiger partial charge < -0.3 is 15.2 Å². The summed E-state index contributed by atoms with van der Waals surface area (Å²) in [6.07, 6.45) is -1.20. The van der Waals surface area contributed by atoms with Crippen molar-refractivity contribution in [3.05, 3.63) is 58.7 Å². The third-order valence-corrected chi connectivity index (χ3v) is 4.90. The lowest BCUT2D eigenvalue weighted by Gasteiger charge is -2.16. The van der Waals surface area contributed by atoms with Crippen LogP contribution in [0.15, 0.2) is 36.4 Å². The SMILES string of the molecule is COc1cc(CCC2CCc3cc(C(F)(F)F)ccc3CN2)ccc1O. The van der Waals surface area contributed by atoms with Crippen molar-refractivity contribution >= 4 is 0 Å². The van der Waals surface area contributed by atoms with Gasteiger partial charge in [0.15, 0.2) is 11.5 Å². The summed E-state index contributed by atoms with van der Waals surface area (Å²) in [6.45, 7) is 0.580. The number of hydrogen-bond donors (Lipinski definition) is 2. The first-order chi connectivity index (χ1) is 12.4. The fraction of sp³-hybridized carbons (Fsp3) is 0.400. The van der Waals surface area contributed by atoms with Crippen LogP contribution in [0.4, 0.5) is 13.2 Å². The van der Waals surface area contributed by atoms with E-state index in [-0.39, 0.29) is 11.8 Å². The van der Waals surface area contributed by atoms with Gasteiger partial charge in [0.05, 0.1) is 12.7 Å². The van der Waals surface area contributed by atoms with E-state index >= 15 is 0 Å². The first-order valence-corrected chi connectivity index (χ1v) is 8.65. The van der Waals surface area contributed by atoms with Crippen molar-refractivity contribution in [3.63, 3.8) is 0 Å². The number of hydrogen-bond acceptors (Lipinski definition) is 3. The van der Waals surface area contributed by atoms with E-state index in [1.54, 1.807) is 12.1 Å². The molecule has 0 aromatic heterocycles. The average molecular weight is 365 g/mol. The summed E-state index contributed by atoms with van der Waals surface area (Å²) in [5, 5.41) is 13.1. The number of ether oxygens (including phenoxy) is 1. The van der Waals surface area contributed by atoms with Gasteiger partial charge in [-0.3, -0.25) is 0 Å². The van der Waals surface area contributed by atoms with Gasteiger partial charge in [-0.25, -0.2) is 0 Å². The molecule has 1 aliphatic heterocycles. The number of alkyl halides is 3. The van der Waals surface area contributed by atoms with Crippen molar-refractivity contribution in [2.45, 2.75) is 44.4 Å². The second-order valence-corrected chi connectivity index (χ2v) is 6.64. The zero-order chi connectivity index (χ0) is 18.7. The van der Waals surface area contributed by atoms with Crippen molar-refractivity contribution in [1.82, 2.24) is 5.32 Å². The van der Waals surface area contributed by atoms with Crippen LogP contribution in [0.25, 0.3) is 0 Å². The predicted octanol–water partition coefficient (Wildman–Crippen LogP) is 4.46. The Kier molecular flexibility index (Phi) is 5.41. The lowest BCUT2D eigenvalue weighted by Crippen LogP contribution is -2.27. The Balaban J connectivity index is 1.62. The molecule has 0 radical (unpaired) electrons. The smallest absolute Gasteiger partial charge is 0.416 e. The maximum atomic E-state index is 12.9. The first kappa shape index (κ1) is 18.6. The molecular formula is C20H22F3NO2. The molecule has 3 rings (SSSR count). The molecule has 3 nitrogen and oxygen atoms in total. The highest BCUT2D eigenvalue weighted by Gasteiger charge is 2.31. The van der Waals surface area contributed by atoms with Gasteiger partial charge in [-0.15, -0.1) is 0 Å². The van der Waals surface area contributed by atoms with Crippen molar-refractivity contribution in [2.24, 2.45) is 0 Å². The van der Waals surface area contributed by atoms with E-state index in [1.165, 1.54) is 13.2 Å².